The van der Waals surface area contributed by atoms with Gasteiger partial charge >= 0.3 is 0 Å². The van der Waals surface area contributed by atoms with Crippen molar-refractivity contribution in [3.8, 4) is 10.6 Å². The summed E-state index contributed by atoms with van der Waals surface area (Å²) in [6.07, 6.45) is 2.26. The largest absolute Gasteiger partial charge is 0.298 e. The molecule has 0 atom stereocenters. The van der Waals surface area contributed by atoms with Crippen LogP contribution in [-0.4, -0.2) is 16.3 Å². The Labute approximate surface area is 133 Å². The zero-order valence-corrected chi connectivity index (χ0v) is 12.8. The summed E-state index contributed by atoms with van der Waals surface area (Å²) >= 11 is 19.7. The fraction of sp³-hybridized carbons (Fsp3) is 0. The molecule has 0 spiro atoms. The van der Waals surface area contributed by atoms with Gasteiger partial charge in [-0.05, 0) is 18.2 Å². The first kappa shape index (κ1) is 13.8. The molecule has 7 heteroatoms. The molecule has 2 aromatic heterocycles. The number of aromatic nitrogens is 2. The zero-order valence-electron chi connectivity index (χ0n) is 9.73. The lowest BCUT2D eigenvalue weighted by molar-refractivity contribution is 0.112. The van der Waals surface area contributed by atoms with Gasteiger partial charge in [-0.15, -0.1) is 11.3 Å². The average Bonchev–Trinajstić information content (AvgIpc) is 2.87. The van der Waals surface area contributed by atoms with Gasteiger partial charge in [-0.1, -0.05) is 34.8 Å². The molecule has 0 amide bonds. The molecule has 100 valence electrons. The lowest BCUT2D eigenvalue weighted by atomic mass is 10.1. The van der Waals surface area contributed by atoms with E-state index >= 15 is 0 Å². The van der Waals surface area contributed by atoms with Crippen LogP contribution in [0.1, 0.15) is 10.4 Å². The lowest BCUT2D eigenvalue weighted by Crippen LogP contribution is -1.86. The van der Waals surface area contributed by atoms with Gasteiger partial charge in [-0.3, -0.25) is 4.79 Å². The number of halogens is 3. The summed E-state index contributed by atoms with van der Waals surface area (Å²) in [5.74, 6) is 0. The number of nitrogens with zero attached hydrogens (tertiary/aromatic N) is 2. The SMILES string of the molecule is O=Cc1ccc(-c2nc3ccnc(Cl)c3s2)c(Cl)c1Cl. The van der Waals surface area contributed by atoms with Gasteiger partial charge in [0, 0.05) is 17.3 Å². The predicted molar refractivity (Wildman–Crippen MR) is 83.3 cm³/mol. The molecule has 0 N–H and O–H groups in total. The summed E-state index contributed by atoms with van der Waals surface area (Å²) in [7, 11) is 0. The Morgan fingerprint density at radius 1 is 1.10 bits per heavy atom. The van der Waals surface area contributed by atoms with Gasteiger partial charge in [0.1, 0.15) is 10.2 Å². The van der Waals surface area contributed by atoms with Crippen LogP contribution in [0.4, 0.5) is 0 Å². The van der Waals surface area contributed by atoms with Gasteiger partial charge in [0.25, 0.3) is 0 Å². The first-order valence-electron chi connectivity index (χ1n) is 5.46. The third-order valence-corrected chi connectivity index (χ3v) is 5.14. The van der Waals surface area contributed by atoms with Gasteiger partial charge in [0.15, 0.2) is 6.29 Å². The van der Waals surface area contributed by atoms with Gasteiger partial charge < -0.3 is 0 Å². The van der Waals surface area contributed by atoms with Crippen molar-refractivity contribution in [2.75, 3.05) is 0 Å². The third kappa shape index (κ3) is 2.19. The Morgan fingerprint density at radius 2 is 1.90 bits per heavy atom. The van der Waals surface area contributed by atoms with E-state index in [-0.39, 0.29) is 5.02 Å². The Bertz CT molecular complexity index is 832. The first-order valence-corrected chi connectivity index (χ1v) is 7.41. The second-order valence-electron chi connectivity index (χ2n) is 3.92. The molecule has 20 heavy (non-hydrogen) atoms. The maximum absolute atomic E-state index is 10.8. The number of benzene rings is 1. The summed E-state index contributed by atoms with van der Waals surface area (Å²) in [6.45, 7) is 0. The zero-order chi connectivity index (χ0) is 14.3. The van der Waals surface area contributed by atoms with E-state index in [1.54, 1.807) is 24.4 Å². The van der Waals surface area contributed by atoms with E-state index in [1.165, 1.54) is 11.3 Å². The molecule has 3 nitrogen and oxygen atoms in total. The number of hydrogen-bond donors (Lipinski definition) is 0. The van der Waals surface area contributed by atoms with Crippen LogP contribution in [0.5, 0.6) is 0 Å². The molecule has 0 unspecified atom stereocenters. The van der Waals surface area contributed by atoms with E-state index in [4.69, 9.17) is 34.8 Å². The molecule has 3 aromatic rings. The fourth-order valence-corrected chi connectivity index (χ4v) is 3.53. The first-order chi connectivity index (χ1) is 9.61. The second kappa shape index (κ2) is 5.30. The molecule has 0 saturated heterocycles. The number of pyridine rings is 1. The number of carbonyl (C=O) groups is 1. The number of rotatable bonds is 2. The van der Waals surface area contributed by atoms with E-state index in [2.05, 4.69) is 9.97 Å². The highest BCUT2D eigenvalue weighted by Crippen LogP contribution is 2.39. The Balaban J connectivity index is 2.23. The van der Waals surface area contributed by atoms with Crippen molar-refractivity contribution in [3.05, 3.63) is 45.2 Å². The summed E-state index contributed by atoms with van der Waals surface area (Å²) in [4.78, 5) is 19.3. The van der Waals surface area contributed by atoms with Gasteiger partial charge in [-0.25, -0.2) is 9.97 Å². The van der Waals surface area contributed by atoms with Crippen LogP contribution >= 0.6 is 46.1 Å². The smallest absolute Gasteiger partial charge is 0.151 e. The van der Waals surface area contributed by atoms with E-state index in [0.717, 1.165) is 10.2 Å². The molecule has 0 aliphatic rings. The van der Waals surface area contributed by atoms with Crippen molar-refractivity contribution in [1.29, 1.82) is 0 Å². The average molecular weight is 344 g/mol. The molecule has 3 rings (SSSR count). The highest BCUT2D eigenvalue weighted by atomic mass is 35.5. The van der Waals surface area contributed by atoms with Gasteiger partial charge in [0.2, 0.25) is 0 Å². The normalized spacial score (nSPS) is 10.9. The van der Waals surface area contributed by atoms with Crippen molar-refractivity contribution in [3.63, 3.8) is 0 Å². The van der Waals surface area contributed by atoms with Gasteiger partial charge in [-0.2, -0.15) is 0 Å². The van der Waals surface area contributed by atoms with Crippen LogP contribution in [0.15, 0.2) is 24.4 Å². The molecular formula is C13H5Cl3N2OS. The molecule has 0 saturated carbocycles. The minimum atomic E-state index is 0.225. The number of aldehydes is 1. The Kier molecular flexibility index (Phi) is 3.65. The number of hydrogen-bond acceptors (Lipinski definition) is 4. The molecule has 0 fully saturated rings. The summed E-state index contributed by atoms with van der Waals surface area (Å²) < 4.78 is 0.788. The van der Waals surface area contributed by atoms with Crippen LogP contribution in [0, 0.1) is 0 Å². The molecule has 0 bridgehead atoms. The molecule has 2 heterocycles. The number of carbonyl (C=O) groups excluding carboxylic acids is 1. The molecule has 0 aliphatic carbocycles. The van der Waals surface area contributed by atoms with Crippen molar-refractivity contribution >= 4 is 62.6 Å². The van der Waals surface area contributed by atoms with Crippen LogP contribution in [0.3, 0.4) is 0 Å². The monoisotopic (exact) mass is 342 g/mol. The maximum Gasteiger partial charge on any atom is 0.151 e. The standard InChI is InChI=1S/C13H5Cl3N2OS/c14-9-6(5-19)1-2-7(10(9)15)13-18-8-3-4-17-12(16)11(8)20-13/h1-5H. The minimum absolute atomic E-state index is 0.225. The van der Waals surface area contributed by atoms with Crippen molar-refractivity contribution in [2.45, 2.75) is 0 Å². The highest BCUT2D eigenvalue weighted by molar-refractivity contribution is 7.22. The van der Waals surface area contributed by atoms with Crippen molar-refractivity contribution in [1.82, 2.24) is 9.97 Å². The number of fused-ring (bicyclic) bond motifs is 1. The molecule has 0 radical (unpaired) electrons. The minimum Gasteiger partial charge on any atom is -0.298 e. The Hall–Kier alpha value is -1.20. The molecule has 0 aliphatic heterocycles. The Morgan fingerprint density at radius 3 is 2.60 bits per heavy atom. The quantitative estimate of drug-likeness (QED) is 0.478. The summed E-state index contributed by atoms with van der Waals surface area (Å²) in [5.41, 5.74) is 1.76. The van der Waals surface area contributed by atoms with Crippen molar-refractivity contribution in [2.24, 2.45) is 0 Å². The maximum atomic E-state index is 10.8. The van der Waals surface area contributed by atoms with Gasteiger partial charge in [0.05, 0.1) is 20.3 Å². The van der Waals surface area contributed by atoms with E-state index in [9.17, 15) is 4.79 Å². The van der Waals surface area contributed by atoms with E-state index in [0.29, 0.717) is 32.6 Å². The van der Waals surface area contributed by atoms with E-state index < -0.39 is 0 Å². The fourth-order valence-electron chi connectivity index (χ4n) is 1.76. The summed E-state index contributed by atoms with van der Waals surface area (Å²) in [6, 6.07) is 5.11. The van der Waals surface area contributed by atoms with E-state index in [1.807, 2.05) is 0 Å². The van der Waals surface area contributed by atoms with Crippen LogP contribution in [0.25, 0.3) is 20.8 Å². The summed E-state index contributed by atoms with van der Waals surface area (Å²) in [5, 5.41) is 1.61. The highest BCUT2D eigenvalue weighted by Gasteiger charge is 2.15. The molecular weight excluding hydrogens is 339 g/mol. The van der Waals surface area contributed by atoms with Crippen LogP contribution in [-0.2, 0) is 0 Å². The van der Waals surface area contributed by atoms with Crippen LogP contribution < -0.4 is 0 Å². The predicted octanol–water partition coefficient (Wildman–Crippen LogP) is 5.13. The van der Waals surface area contributed by atoms with Crippen molar-refractivity contribution < 1.29 is 4.79 Å². The lowest BCUT2D eigenvalue weighted by Gasteiger charge is -2.04. The second-order valence-corrected chi connectivity index (χ2v) is 6.03. The third-order valence-electron chi connectivity index (χ3n) is 2.73. The molecule has 1 aromatic carbocycles. The van der Waals surface area contributed by atoms with Crippen LogP contribution in [0.2, 0.25) is 15.2 Å². The number of thiazole rings is 1. The topological polar surface area (TPSA) is 42.9 Å².